The lowest BCUT2D eigenvalue weighted by molar-refractivity contribution is -0.142. The molecule has 1 aromatic rings. The van der Waals surface area contributed by atoms with Crippen molar-refractivity contribution < 1.29 is 24.3 Å². The number of carboxylic acid groups (broad SMARTS) is 1. The number of hydrogen-bond donors (Lipinski definition) is 7. The van der Waals surface area contributed by atoms with Crippen LogP contribution in [0.2, 0.25) is 0 Å². The molecule has 0 fully saturated rings. The molecular formula is C21H32N4O5S2. The minimum Gasteiger partial charge on any atom is -0.480 e. The molecule has 4 unspecified atom stereocenters. The van der Waals surface area contributed by atoms with Crippen LogP contribution < -0.4 is 21.7 Å². The molecule has 0 aliphatic carbocycles. The second-order valence-electron chi connectivity index (χ2n) is 7.81. The fourth-order valence-corrected chi connectivity index (χ4v) is 3.28. The van der Waals surface area contributed by atoms with Gasteiger partial charge in [0.1, 0.15) is 18.1 Å². The summed E-state index contributed by atoms with van der Waals surface area (Å²) in [7, 11) is 0. The molecule has 0 aliphatic rings. The van der Waals surface area contributed by atoms with Crippen molar-refractivity contribution in [2.75, 3.05) is 11.5 Å². The van der Waals surface area contributed by atoms with E-state index < -0.39 is 47.9 Å². The molecule has 0 spiro atoms. The van der Waals surface area contributed by atoms with Gasteiger partial charge >= 0.3 is 5.97 Å². The molecule has 178 valence electrons. The fraction of sp³-hybridized carbons (Fsp3) is 0.524. The lowest BCUT2D eigenvalue weighted by atomic mass is 10.0. The van der Waals surface area contributed by atoms with E-state index in [4.69, 9.17) is 5.73 Å². The first kappa shape index (κ1) is 27.8. The number of aliphatic carboxylic acids is 1. The summed E-state index contributed by atoms with van der Waals surface area (Å²) in [5.41, 5.74) is 6.37. The van der Waals surface area contributed by atoms with Crippen molar-refractivity contribution in [1.29, 1.82) is 0 Å². The number of carboxylic acids is 1. The van der Waals surface area contributed by atoms with E-state index in [0.717, 1.165) is 5.56 Å². The lowest BCUT2D eigenvalue weighted by Gasteiger charge is -2.25. The van der Waals surface area contributed by atoms with E-state index in [0.29, 0.717) is 0 Å². The highest BCUT2D eigenvalue weighted by Gasteiger charge is 2.30. The standard InChI is InChI=1S/C21H32N4O5S2/c1-12(2)8-15(23-20(28)17(11-32)25-18(26)14(22)10-31)19(27)24-16(21(29)30)9-13-6-4-3-5-7-13/h3-7,12,14-17,31-32H,8-11,22H2,1-2H3,(H,23,28)(H,24,27)(H,25,26)(H,29,30). The van der Waals surface area contributed by atoms with Crippen molar-refractivity contribution >= 4 is 48.9 Å². The van der Waals surface area contributed by atoms with Crippen molar-refractivity contribution in [3.8, 4) is 0 Å². The van der Waals surface area contributed by atoms with E-state index in [-0.39, 0.29) is 30.3 Å². The highest BCUT2D eigenvalue weighted by atomic mass is 32.1. The zero-order valence-electron chi connectivity index (χ0n) is 18.2. The average molecular weight is 485 g/mol. The summed E-state index contributed by atoms with van der Waals surface area (Å²) >= 11 is 8.05. The van der Waals surface area contributed by atoms with Gasteiger partial charge in [-0.15, -0.1) is 0 Å². The second-order valence-corrected chi connectivity index (χ2v) is 8.54. The number of hydrogen-bond acceptors (Lipinski definition) is 7. The maximum absolute atomic E-state index is 12.9. The number of thiol groups is 2. The normalized spacial score (nSPS) is 14.7. The lowest BCUT2D eigenvalue weighted by Crippen LogP contribution is -2.58. The molecule has 6 N–H and O–H groups in total. The molecule has 0 radical (unpaired) electrons. The number of amides is 3. The largest absolute Gasteiger partial charge is 0.480 e. The summed E-state index contributed by atoms with van der Waals surface area (Å²) in [6, 6.07) is 4.86. The SMILES string of the molecule is CC(C)CC(NC(=O)C(CS)NC(=O)C(N)CS)C(=O)NC(Cc1ccccc1)C(=O)O. The molecular weight excluding hydrogens is 452 g/mol. The molecule has 3 amide bonds. The van der Waals surface area contributed by atoms with E-state index in [9.17, 15) is 24.3 Å². The maximum atomic E-state index is 12.9. The molecule has 4 atom stereocenters. The maximum Gasteiger partial charge on any atom is 0.326 e. The van der Waals surface area contributed by atoms with Crippen LogP contribution >= 0.6 is 25.3 Å². The van der Waals surface area contributed by atoms with Crippen molar-refractivity contribution in [2.24, 2.45) is 11.7 Å². The van der Waals surface area contributed by atoms with E-state index in [1.807, 2.05) is 19.9 Å². The smallest absolute Gasteiger partial charge is 0.326 e. The Morgan fingerprint density at radius 3 is 1.91 bits per heavy atom. The molecule has 0 aromatic heterocycles. The van der Waals surface area contributed by atoms with Gasteiger partial charge in [0.25, 0.3) is 0 Å². The average Bonchev–Trinajstić information content (AvgIpc) is 2.75. The van der Waals surface area contributed by atoms with Gasteiger partial charge in [-0.05, 0) is 17.9 Å². The van der Waals surface area contributed by atoms with Crippen molar-refractivity contribution in [3.05, 3.63) is 35.9 Å². The van der Waals surface area contributed by atoms with E-state index in [2.05, 4.69) is 41.2 Å². The van der Waals surface area contributed by atoms with Gasteiger partial charge in [0, 0.05) is 17.9 Å². The predicted octanol–water partition coefficient (Wildman–Crippen LogP) is 0.00110. The van der Waals surface area contributed by atoms with Gasteiger partial charge in [-0.2, -0.15) is 25.3 Å². The molecule has 0 heterocycles. The van der Waals surface area contributed by atoms with Crippen LogP contribution in [0.15, 0.2) is 30.3 Å². The fourth-order valence-electron chi connectivity index (χ4n) is 2.85. The summed E-state index contributed by atoms with van der Waals surface area (Å²) in [5, 5.41) is 17.1. The third-order valence-electron chi connectivity index (χ3n) is 4.59. The molecule has 1 rings (SSSR count). The van der Waals surface area contributed by atoms with Gasteiger partial charge in [-0.25, -0.2) is 4.79 Å². The van der Waals surface area contributed by atoms with Crippen molar-refractivity contribution in [2.45, 2.75) is 50.9 Å². The number of rotatable bonds is 13. The Morgan fingerprint density at radius 2 is 1.41 bits per heavy atom. The number of carbonyl (C=O) groups is 4. The molecule has 1 aromatic carbocycles. The minimum atomic E-state index is -1.18. The highest BCUT2D eigenvalue weighted by Crippen LogP contribution is 2.08. The molecule has 9 nitrogen and oxygen atoms in total. The summed E-state index contributed by atoms with van der Waals surface area (Å²) in [4.78, 5) is 49.3. The van der Waals surface area contributed by atoms with Crippen LogP contribution in [0.4, 0.5) is 0 Å². The van der Waals surface area contributed by atoms with Gasteiger partial charge in [-0.1, -0.05) is 44.2 Å². The van der Waals surface area contributed by atoms with Crippen LogP contribution in [0, 0.1) is 5.92 Å². The zero-order valence-corrected chi connectivity index (χ0v) is 19.9. The first-order chi connectivity index (χ1) is 15.1. The van der Waals surface area contributed by atoms with Gasteiger partial charge in [0.15, 0.2) is 0 Å². The second kappa shape index (κ2) is 14.0. The Morgan fingerprint density at radius 1 is 0.875 bits per heavy atom. The van der Waals surface area contributed by atoms with Crippen LogP contribution in [0.3, 0.4) is 0 Å². The van der Waals surface area contributed by atoms with Gasteiger partial charge < -0.3 is 26.8 Å². The van der Waals surface area contributed by atoms with Crippen LogP contribution in [0.1, 0.15) is 25.8 Å². The monoisotopic (exact) mass is 484 g/mol. The topological polar surface area (TPSA) is 151 Å². The summed E-state index contributed by atoms with van der Waals surface area (Å²) < 4.78 is 0. The quantitative estimate of drug-likeness (QED) is 0.196. The Hall–Kier alpha value is -2.24. The number of benzene rings is 1. The van der Waals surface area contributed by atoms with Crippen LogP contribution in [0.5, 0.6) is 0 Å². The Labute approximate surface area is 199 Å². The van der Waals surface area contributed by atoms with Crippen LogP contribution in [-0.4, -0.2) is 64.5 Å². The van der Waals surface area contributed by atoms with Crippen LogP contribution in [0.25, 0.3) is 0 Å². The Kier molecular flexibility index (Phi) is 12.2. The molecule has 11 heteroatoms. The molecule has 0 bridgehead atoms. The third kappa shape index (κ3) is 9.49. The first-order valence-electron chi connectivity index (χ1n) is 10.2. The number of nitrogens with one attached hydrogen (secondary N) is 3. The highest BCUT2D eigenvalue weighted by molar-refractivity contribution is 7.80. The number of carbonyl (C=O) groups excluding carboxylic acids is 3. The molecule has 0 aliphatic heterocycles. The van der Waals surface area contributed by atoms with Gasteiger partial charge in [0.2, 0.25) is 17.7 Å². The van der Waals surface area contributed by atoms with E-state index >= 15 is 0 Å². The Bertz CT molecular complexity index is 779. The molecule has 0 saturated carbocycles. The van der Waals surface area contributed by atoms with Crippen molar-refractivity contribution in [1.82, 2.24) is 16.0 Å². The molecule has 0 saturated heterocycles. The third-order valence-corrected chi connectivity index (χ3v) is 5.34. The van der Waals surface area contributed by atoms with Crippen molar-refractivity contribution in [3.63, 3.8) is 0 Å². The van der Waals surface area contributed by atoms with Gasteiger partial charge in [0.05, 0.1) is 6.04 Å². The van der Waals surface area contributed by atoms with Gasteiger partial charge in [-0.3, -0.25) is 14.4 Å². The summed E-state index contributed by atoms with van der Waals surface area (Å²) in [6.45, 7) is 3.74. The zero-order chi connectivity index (χ0) is 24.3. The van der Waals surface area contributed by atoms with E-state index in [1.54, 1.807) is 24.3 Å². The summed E-state index contributed by atoms with van der Waals surface area (Å²) in [6.07, 6.45) is 0.375. The molecule has 32 heavy (non-hydrogen) atoms. The first-order valence-corrected chi connectivity index (χ1v) is 11.5. The summed E-state index contributed by atoms with van der Waals surface area (Å²) in [5.74, 6) is -2.86. The number of nitrogens with two attached hydrogens (primary N) is 1. The predicted molar refractivity (Wildman–Crippen MR) is 129 cm³/mol. The Balaban J connectivity index is 2.90. The van der Waals surface area contributed by atoms with Crippen LogP contribution in [-0.2, 0) is 25.6 Å². The van der Waals surface area contributed by atoms with E-state index in [1.165, 1.54) is 0 Å². The minimum absolute atomic E-state index is 0.0152.